The third kappa shape index (κ3) is 4.71. The SMILES string of the molecule is c1ccc(-c2ccc(N(c3ccc4c(oc5ccccc54)c3C3(c4ccccc4)c4ccccc4-c4ccccc43)c3cccc4c3sc3ccccc34)cc2)cc1. The topological polar surface area (TPSA) is 16.4 Å². The molecule has 0 spiro atoms. The van der Waals surface area contributed by atoms with E-state index in [2.05, 4.69) is 217 Å². The Morgan fingerprint density at radius 2 is 1.02 bits per heavy atom. The van der Waals surface area contributed by atoms with Crippen LogP contribution in [0.3, 0.4) is 0 Å². The number of fused-ring (bicyclic) bond motifs is 9. The summed E-state index contributed by atoms with van der Waals surface area (Å²) in [5, 5.41) is 4.74. The summed E-state index contributed by atoms with van der Waals surface area (Å²) in [5.41, 5.74) is 14.0. The van der Waals surface area contributed by atoms with Gasteiger partial charge >= 0.3 is 0 Å². The second-order valence-corrected chi connectivity index (χ2v) is 16.2. The standard InChI is InChI=1S/C55H35NOS/c1-3-16-36(17-4-1)37-30-32-39(33-31-37)56(49-27-15-24-45-43-23-10-14-29-51(43)58-54(45)49)48-35-34-44-42-22-9-13-28-50(42)57-53(44)52(48)55(38-18-5-2-6-19-38)46-25-11-7-20-40(46)41-21-8-12-26-47(41)55/h1-35H. The molecule has 12 rings (SSSR count). The summed E-state index contributed by atoms with van der Waals surface area (Å²) in [6.07, 6.45) is 0. The van der Waals surface area contributed by atoms with Crippen molar-refractivity contribution in [3.63, 3.8) is 0 Å². The highest BCUT2D eigenvalue weighted by molar-refractivity contribution is 7.26. The van der Waals surface area contributed by atoms with E-state index < -0.39 is 5.41 Å². The van der Waals surface area contributed by atoms with Crippen molar-refractivity contribution >= 4 is 70.5 Å². The van der Waals surface area contributed by atoms with Crippen LogP contribution in [-0.2, 0) is 5.41 Å². The summed E-state index contributed by atoms with van der Waals surface area (Å²) in [6, 6.07) is 77.4. The summed E-state index contributed by atoms with van der Waals surface area (Å²) in [7, 11) is 0. The highest BCUT2D eigenvalue weighted by atomic mass is 32.1. The molecule has 272 valence electrons. The number of para-hydroxylation sites is 1. The molecule has 0 bridgehead atoms. The third-order valence-corrected chi connectivity index (χ3v) is 13.4. The predicted molar refractivity (Wildman–Crippen MR) is 244 cm³/mol. The zero-order chi connectivity index (χ0) is 38.2. The van der Waals surface area contributed by atoms with Gasteiger partial charge in [-0.1, -0.05) is 170 Å². The van der Waals surface area contributed by atoms with Crippen molar-refractivity contribution in [3.8, 4) is 22.3 Å². The Kier molecular flexibility index (Phi) is 7.35. The van der Waals surface area contributed by atoms with Crippen molar-refractivity contribution < 1.29 is 4.42 Å². The lowest BCUT2D eigenvalue weighted by molar-refractivity contribution is 0.648. The van der Waals surface area contributed by atoms with Gasteiger partial charge in [0, 0.05) is 37.5 Å². The normalized spacial score (nSPS) is 13.0. The van der Waals surface area contributed by atoms with E-state index >= 15 is 0 Å². The number of anilines is 3. The Bertz CT molecular complexity index is 3300. The maximum atomic E-state index is 7.22. The van der Waals surface area contributed by atoms with Crippen LogP contribution in [0, 0.1) is 0 Å². The van der Waals surface area contributed by atoms with Gasteiger partial charge in [0.05, 0.1) is 21.5 Å². The highest BCUT2D eigenvalue weighted by Gasteiger charge is 2.49. The molecule has 11 aromatic rings. The van der Waals surface area contributed by atoms with Crippen LogP contribution in [0.2, 0.25) is 0 Å². The van der Waals surface area contributed by atoms with Crippen LogP contribution >= 0.6 is 11.3 Å². The zero-order valence-electron chi connectivity index (χ0n) is 31.5. The van der Waals surface area contributed by atoms with Gasteiger partial charge in [0.2, 0.25) is 0 Å². The molecule has 0 saturated heterocycles. The van der Waals surface area contributed by atoms with Crippen LogP contribution < -0.4 is 4.90 Å². The minimum atomic E-state index is -0.729. The number of rotatable bonds is 6. The minimum Gasteiger partial charge on any atom is -0.456 e. The lowest BCUT2D eigenvalue weighted by Gasteiger charge is -2.38. The van der Waals surface area contributed by atoms with Gasteiger partial charge in [0.15, 0.2) is 0 Å². The van der Waals surface area contributed by atoms with Gasteiger partial charge < -0.3 is 9.32 Å². The number of nitrogens with zero attached hydrogens (tertiary/aromatic N) is 1. The number of furan rings is 1. The Hall–Kier alpha value is -7.20. The van der Waals surface area contributed by atoms with Gasteiger partial charge in [-0.2, -0.15) is 0 Å². The van der Waals surface area contributed by atoms with E-state index in [-0.39, 0.29) is 0 Å². The largest absolute Gasteiger partial charge is 0.456 e. The Morgan fingerprint density at radius 1 is 0.414 bits per heavy atom. The molecule has 9 aromatic carbocycles. The maximum Gasteiger partial charge on any atom is 0.142 e. The lowest BCUT2D eigenvalue weighted by atomic mass is 9.66. The minimum absolute atomic E-state index is 0.729. The van der Waals surface area contributed by atoms with E-state index in [1.54, 1.807) is 0 Å². The summed E-state index contributed by atoms with van der Waals surface area (Å²) in [6.45, 7) is 0. The maximum absolute atomic E-state index is 7.22. The summed E-state index contributed by atoms with van der Waals surface area (Å²) < 4.78 is 9.74. The summed E-state index contributed by atoms with van der Waals surface area (Å²) >= 11 is 1.86. The van der Waals surface area contributed by atoms with Gasteiger partial charge in [-0.3, -0.25) is 0 Å². The van der Waals surface area contributed by atoms with E-state index in [0.29, 0.717) is 0 Å². The average Bonchev–Trinajstić information content (AvgIpc) is 3.96. The molecule has 0 amide bonds. The van der Waals surface area contributed by atoms with Crippen molar-refractivity contribution in [1.82, 2.24) is 0 Å². The van der Waals surface area contributed by atoms with E-state index in [0.717, 1.165) is 44.6 Å². The van der Waals surface area contributed by atoms with E-state index in [9.17, 15) is 0 Å². The smallest absolute Gasteiger partial charge is 0.142 e. The van der Waals surface area contributed by atoms with Crippen LogP contribution in [0.1, 0.15) is 22.3 Å². The van der Waals surface area contributed by atoms with Crippen LogP contribution in [-0.4, -0.2) is 0 Å². The van der Waals surface area contributed by atoms with Gasteiger partial charge in [-0.15, -0.1) is 11.3 Å². The van der Waals surface area contributed by atoms with E-state index in [1.807, 2.05) is 11.3 Å². The number of hydrogen-bond acceptors (Lipinski definition) is 3. The molecule has 0 N–H and O–H groups in total. The van der Waals surface area contributed by atoms with Gasteiger partial charge in [0.25, 0.3) is 0 Å². The monoisotopic (exact) mass is 757 g/mol. The van der Waals surface area contributed by atoms with Gasteiger partial charge in [-0.25, -0.2) is 0 Å². The second-order valence-electron chi connectivity index (χ2n) is 15.1. The molecule has 0 saturated carbocycles. The molecule has 1 aliphatic rings. The first kappa shape index (κ1) is 33.0. The Balaban J connectivity index is 1.26. The molecule has 2 aromatic heterocycles. The molecular formula is C55H35NOS. The lowest BCUT2D eigenvalue weighted by Crippen LogP contribution is -2.31. The molecule has 0 atom stereocenters. The quantitative estimate of drug-likeness (QED) is 0.168. The van der Waals surface area contributed by atoms with E-state index in [4.69, 9.17) is 4.42 Å². The van der Waals surface area contributed by atoms with Crippen molar-refractivity contribution in [2.45, 2.75) is 5.41 Å². The van der Waals surface area contributed by atoms with Crippen LogP contribution in [0.25, 0.3) is 64.4 Å². The highest BCUT2D eigenvalue weighted by Crippen LogP contribution is 2.61. The van der Waals surface area contributed by atoms with Gasteiger partial charge in [-0.05, 0) is 81.4 Å². The third-order valence-electron chi connectivity index (χ3n) is 12.2. The first-order chi connectivity index (χ1) is 28.8. The molecule has 0 radical (unpaired) electrons. The van der Waals surface area contributed by atoms with Crippen LogP contribution in [0.15, 0.2) is 217 Å². The molecule has 0 aliphatic heterocycles. The molecule has 2 nitrogen and oxygen atoms in total. The van der Waals surface area contributed by atoms with Crippen LogP contribution in [0.5, 0.6) is 0 Å². The Labute approximate surface area is 340 Å². The fourth-order valence-corrected chi connectivity index (χ4v) is 10.9. The molecule has 0 unspecified atom stereocenters. The first-order valence-corrected chi connectivity index (χ1v) is 20.7. The number of hydrogen-bond donors (Lipinski definition) is 0. The number of benzene rings is 9. The molecule has 0 fully saturated rings. The summed E-state index contributed by atoms with van der Waals surface area (Å²) in [5.74, 6) is 0. The predicted octanol–water partition coefficient (Wildman–Crippen LogP) is 15.5. The fourth-order valence-electron chi connectivity index (χ4n) is 9.72. The van der Waals surface area contributed by atoms with E-state index in [1.165, 1.54) is 59.1 Å². The molecular weight excluding hydrogens is 723 g/mol. The second kappa shape index (κ2) is 12.9. The fraction of sp³-hybridized carbons (Fsp3) is 0.0182. The van der Waals surface area contributed by atoms with Crippen molar-refractivity contribution in [2.75, 3.05) is 4.90 Å². The molecule has 2 heterocycles. The van der Waals surface area contributed by atoms with Crippen molar-refractivity contribution in [3.05, 3.63) is 235 Å². The van der Waals surface area contributed by atoms with Gasteiger partial charge in [0.1, 0.15) is 11.2 Å². The zero-order valence-corrected chi connectivity index (χ0v) is 32.3. The average molecular weight is 758 g/mol. The first-order valence-electron chi connectivity index (χ1n) is 19.8. The molecule has 3 heteroatoms. The number of thiophene rings is 1. The summed E-state index contributed by atoms with van der Waals surface area (Å²) in [4.78, 5) is 2.50. The van der Waals surface area contributed by atoms with Crippen molar-refractivity contribution in [2.24, 2.45) is 0 Å². The molecule has 58 heavy (non-hydrogen) atoms. The van der Waals surface area contributed by atoms with Crippen molar-refractivity contribution in [1.29, 1.82) is 0 Å². The Morgan fingerprint density at radius 3 is 1.78 bits per heavy atom. The molecule has 1 aliphatic carbocycles. The van der Waals surface area contributed by atoms with Crippen LogP contribution in [0.4, 0.5) is 17.1 Å².